The molecule has 2 rings (SSSR count). The van der Waals surface area contributed by atoms with Gasteiger partial charge in [0, 0.05) is 13.2 Å². The first-order valence-electron chi connectivity index (χ1n) is 7.90. The molecule has 2 aliphatic heterocycles. The third kappa shape index (κ3) is 2.73. The van der Waals surface area contributed by atoms with Gasteiger partial charge in [0.2, 0.25) is 0 Å². The van der Waals surface area contributed by atoms with Crippen LogP contribution in [0.5, 0.6) is 0 Å². The van der Waals surface area contributed by atoms with Gasteiger partial charge in [-0.25, -0.2) is 9.59 Å². The van der Waals surface area contributed by atoms with Gasteiger partial charge in [-0.15, -0.1) is 0 Å². The fraction of sp³-hybridized carbons (Fsp3) is 0.875. The van der Waals surface area contributed by atoms with Gasteiger partial charge in [-0.3, -0.25) is 0 Å². The maximum Gasteiger partial charge on any atom is 0.346 e. The molecule has 0 amide bonds. The minimum Gasteiger partial charge on any atom is -0.389 e. The molecule has 0 saturated carbocycles. The van der Waals surface area contributed by atoms with Gasteiger partial charge in [-0.1, -0.05) is 27.7 Å². The molecule has 0 radical (unpaired) electrons. The van der Waals surface area contributed by atoms with Crippen LogP contribution in [0.25, 0.3) is 0 Å². The van der Waals surface area contributed by atoms with Gasteiger partial charge in [0.15, 0.2) is 11.2 Å². The summed E-state index contributed by atoms with van der Waals surface area (Å²) >= 11 is 0. The fourth-order valence-corrected chi connectivity index (χ4v) is 3.28. The van der Waals surface area contributed by atoms with E-state index in [9.17, 15) is 9.59 Å². The maximum absolute atomic E-state index is 12.5. The van der Waals surface area contributed by atoms with Gasteiger partial charge < -0.3 is 14.2 Å². The van der Waals surface area contributed by atoms with Gasteiger partial charge >= 0.3 is 11.9 Å². The summed E-state index contributed by atoms with van der Waals surface area (Å²) < 4.78 is 16.5. The van der Waals surface area contributed by atoms with E-state index in [1.807, 2.05) is 27.7 Å². The van der Waals surface area contributed by atoms with Crippen LogP contribution in [0.15, 0.2) is 0 Å². The van der Waals surface area contributed by atoms with Crippen LogP contribution in [-0.4, -0.2) is 36.4 Å². The van der Waals surface area contributed by atoms with Crippen LogP contribution >= 0.6 is 0 Å². The minimum absolute atomic E-state index is 0.0280. The lowest BCUT2D eigenvalue weighted by atomic mass is 9.86. The van der Waals surface area contributed by atoms with Crippen molar-refractivity contribution in [1.29, 1.82) is 0 Å². The fourth-order valence-electron chi connectivity index (χ4n) is 3.28. The molecule has 120 valence electrons. The highest BCUT2D eigenvalue weighted by Crippen LogP contribution is 2.37. The third-order valence-electron chi connectivity index (χ3n) is 4.85. The number of carbonyl (C=O) groups is 2. The lowest BCUT2D eigenvalue weighted by Crippen LogP contribution is -2.50. The molecule has 0 aliphatic carbocycles. The molecule has 21 heavy (non-hydrogen) atoms. The molecule has 5 nitrogen and oxygen atoms in total. The van der Waals surface area contributed by atoms with Crippen LogP contribution < -0.4 is 0 Å². The number of ether oxygens (including phenoxy) is 3. The van der Waals surface area contributed by atoms with Crippen LogP contribution in [-0.2, 0) is 23.8 Å². The number of carbonyl (C=O) groups excluding carboxylic acids is 2. The summed E-state index contributed by atoms with van der Waals surface area (Å²) in [5, 5.41) is 0. The highest BCUT2D eigenvalue weighted by molar-refractivity contribution is 5.94. The monoisotopic (exact) mass is 298 g/mol. The normalized spacial score (nSPS) is 32.9. The molecule has 0 N–H and O–H groups in total. The Bertz CT molecular complexity index is 363. The second kappa shape index (κ2) is 6.05. The molecular weight excluding hydrogens is 272 g/mol. The molecule has 0 aromatic carbocycles. The largest absolute Gasteiger partial charge is 0.389 e. The molecule has 2 heterocycles. The maximum atomic E-state index is 12.5. The first kappa shape index (κ1) is 16.4. The van der Waals surface area contributed by atoms with Gasteiger partial charge in [-0.2, -0.15) is 0 Å². The van der Waals surface area contributed by atoms with Crippen molar-refractivity contribution in [2.24, 2.45) is 11.8 Å². The zero-order valence-corrected chi connectivity index (χ0v) is 13.4. The van der Waals surface area contributed by atoms with Crippen molar-refractivity contribution in [2.75, 3.05) is 13.2 Å². The van der Waals surface area contributed by atoms with Gasteiger partial charge in [0.1, 0.15) is 0 Å². The number of rotatable bonds is 4. The summed E-state index contributed by atoms with van der Waals surface area (Å²) in [7, 11) is 0. The Morgan fingerprint density at radius 2 is 1.24 bits per heavy atom. The molecule has 2 atom stereocenters. The Hall–Kier alpha value is -0.940. The van der Waals surface area contributed by atoms with E-state index in [2.05, 4.69) is 0 Å². The molecule has 2 saturated heterocycles. The first-order chi connectivity index (χ1) is 9.85. The SMILES string of the molecule is CC(C)[C@@]1(C(=O)OC(=O)[C@@]2(C(C)C)CCCO2)CCCO1. The molecule has 0 aromatic heterocycles. The Labute approximate surface area is 126 Å². The third-order valence-corrected chi connectivity index (χ3v) is 4.85. The van der Waals surface area contributed by atoms with E-state index in [0.29, 0.717) is 26.1 Å². The van der Waals surface area contributed by atoms with E-state index >= 15 is 0 Å². The summed E-state index contributed by atoms with van der Waals surface area (Å²) in [6.45, 7) is 8.74. The predicted octanol–water partition coefficient (Wildman–Crippen LogP) is 2.47. The molecule has 5 heteroatoms. The topological polar surface area (TPSA) is 61.8 Å². The predicted molar refractivity (Wildman–Crippen MR) is 76.6 cm³/mol. The quantitative estimate of drug-likeness (QED) is 0.589. The number of hydrogen-bond acceptors (Lipinski definition) is 5. The molecule has 0 bridgehead atoms. The molecule has 0 unspecified atom stereocenters. The molecule has 0 aromatic rings. The van der Waals surface area contributed by atoms with Gasteiger partial charge in [0.05, 0.1) is 0 Å². The van der Waals surface area contributed by atoms with Crippen molar-refractivity contribution in [3.8, 4) is 0 Å². The van der Waals surface area contributed by atoms with Crippen molar-refractivity contribution in [2.45, 2.75) is 64.6 Å². The second-order valence-electron chi connectivity index (χ2n) is 6.67. The smallest absolute Gasteiger partial charge is 0.346 e. The van der Waals surface area contributed by atoms with Gasteiger partial charge in [0.25, 0.3) is 0 Å². The standard InChI is InChI=1S/C16H26O5/c1-11(2)15(7-5-9-19-15)13(17)21-14(18)16(12(3)4)8-6-10-20-16/h11-12H,5-10H2,1-4H3/t15-,16+. The highest BCUT2D eigenvalue weighted by Gasteiger charge is 2.52. The Morgan fingerprint density at radius 1 is 0.857 bits per heavy atom. The number of hydrogen-bond donors (Lipinski definition) is 0. The summed E-state index contributed by atoms with van der Waals surface area (Å²) in [6.07, 6.45) is 2.83. The Balaban J connectivity index is 2.13. The zero-order chi connectivity index (χ0) is 15.7. The zero-order valence-electron chi connectivity index (χ0n) is 13.4. The van der Waals surface area contributed by atoms with Crippen molar-refractivity contribution in [3.63, 3.8) is 0 Å². The molecule has 0 spiro atoms. The Kier molecular flexibility index (Phi) is 4.73. The molecule has 2 aliphatic rings. The summed E-state index contributed by atoms with van der Waals surface area (Å²) in [5.41, 5.74) is -1.96. The van der Waals surface area contributed by atoms with E-state index in [1.165, 1.54) is 0 Å². The summed E-state index contributed by atoms with van der Waals surface area (Å²) in [4.78, 5) is 25.0. The first-order valence-corrected chi connectivity index (χ1v) is 7.90. The lowest BCUT2D eigenvalue weighted by Gasteiger charge is -2.33. The molecule has 2 fully saturated rings. The van der Waals surface area contributed by atoms with E-state index in [4.69, 9.17) is 14.2 Å². The van der Waals surface area contributed by atoms with Crippen LogP contribution in [0.3, 0.4) is 0 Å². The second-order valence-corrected chi connectivity index (χ2v) is 6.67. The lowest BCUT2D eigenvalue weighted by molar-refractivity contribution is -0.192. The van der Waals surface area contributed by atoms with Crippen LogP contribution in [0.1, 0.15) is 53.4 Å². The minimum atomic E-state index is -0.980. The molecular formula is C16H26O5. The van der Waals surface area contributed by atoms with Gasteiger partial charge in [-0.05, 0) is 37.5 Å². The van der Waals surface area contributed by atoms with E-state index in [0.717, 1.165) is 12.8 Å². The van der Waals surface area contributed by atoms with Crippen molar-refractivity contribution < 1.29 is 23.8 Å². The summed E-state index contributed by atoms with van der Waals surface area (Å²) in [6, 6.07) is 0. The summed E-state index contributed by atoms with van der Waals surface area (Å²) in [5.74, 6) is -1.18. The van der Waals surface area contributed by atoms with Crippen LogP contribution in [0, 0.1) is 11.8 Å². The highest BCUT2D eigenvalue weighted by atomic mass is 16.6. The van der Waals surface area contributed by atoms with Crippen LogP contribution in [0.4, 0.5) is 0 Å². The van der Waals surface area contributed by atoms with Crippen LogP contribution in [0.2, 0.25) is 0 Å². The van der Waals surface area contributed by atoms with E-state index in [-0.39, 0.29) is 11.8 Å². The van der Waals surface area contributed by atoms with E-state index < -0.39 is 23.1 Å². The van der Waals surface area contributed by atoms with Crippen molar-refractivity contribution in [3.05, 3.63) is 0 Å². The average Bonchev–Trinajstić information content (AvgIpc) is 3.09. The number of esters is 2. The van der Waals surface area contributed by atoms with E-state index in [1.54, 1.807) is 0 Å². The van der Waals surface area contributed by atoms with Crippen molar-refractivity contribution in [1.82, 2.24) is 0 Å². The average molecular weight is 298 g/mol. The van der Waals surface area contributed by atoms with Crippen molar-refractivity contribution >= 4 is 11.9 Å². The Morgan fingerprint density at radius 3 is 1.48 bits per heavy atom.